The standard InChI is InChI=1S/C12H21N3O/c1-12(2,15(4)5)9-16-10-6-7-14-11(8-10)13-3/h6-8H,9H2,1-5H3,(H,13,14). The SMILES string of the molecule is CNc1cc(OCC(C)(C)N(C)C)ccn1. The maximum Gasteiger partial charge on any atom is 0.129 e. The monoisotopic (exact) mass is 223 g/mol. The zero-order valence-corrected chi connectivity index (χ0v) is 10.7. The molecule has 0 spiro atoms. The summed E-state index contributed by atoms with van der Waals surface area (Å²) in [5.74, 6) is 1.66. The van der Waals surface area contributed by atoms with E-state index >= 15 is 0 Å². The molecule has 0 unspecified atom stereocenters. The predicted molar refractivity (Wildman–Crippen MR) is 67.0 cm³/mol. The lowest BCUT2D eigenvalue weighted by molar-refractivity contribution is 0.114. The molecule has 0 aliphatic rings. The second-order valence-electron chi connectivity index (χ2n) is 4.62. The number of rotatable bonds is 5. The Morgan fingerprint density at radius 3 is 2.69 bits per heavy atom. The average molecular weight is 223 g/mol. The van der Waals surface area contributed by atoms with E-state index in [2.05, 4.69) is 43.1 Å². The van der Waals surface area contributed by atoms with Gasteiger partial charge in [-0.15, -0.1) is 0 Å². The molecule has 16 heavy (non-hydrogen) atoms. The summed E-state index contributed by atoms with van der Waals surface area (Å²) in [6, 6.07) is 3.76. The maximum absolute atomic E-state index is 5.75. The Balaban J connectivity index is 2.60. The van der Waals surface area contributed by atoms with Crippen LogP contribution >= 0.6 is 0 Å². The highest BCUT2D eigenvalue weighted by atomic mass is 16.5. The summed E-state index contributed by atoms with van der Waals surface area (Å²) in [5, 5.41) is 2.99. The molecule has 90 valence electrons. The van der Waals surface area contributed by atoms with Gasteiger partial charge in [0.2, 0.25) is 0 Å². The smallest absolute Gasteiger partial charge is 0.129 e. The van der Waals surface area contributed by atoms with Gasteiger partial charge in [0.05, 0.1) is 0 Å². The molecule has 1 rings (SSSR count). The predicted octanol–water partition coefficient (Wildman–Crippen LogP) is 1.84. The summed E-state index contributed by atoms with van der Waals surface area (Å²) in [7, 11) is 5.94. The fourth-order valence-electron chi connectivity index (χ4n) is 1.03. The van der Waals surface area contributed by atoms with Gasteiger partial charge in [0.15, 0.2) is 0 Å². The van der Waals surface area contributed by atoms with Crippen molar-refractivity contribution in [1.82, 2.24) is 9.88 Å². The van der Waals surface area contributed by atoms with Crippen molar-refractivity contribution in [2.45, 2.75) is 19.4 Å². The van der Waals surface area contributed by atoms with Gasteiger partial charge in [-0.1, -0.05) is 0 Å². The molecule has 0 atom stereocenters. The number of pyridine rings is 1. The van der Waals surface area contributed by atoms with Crippen molar-refractivity contribution in [2.24, 2.45) is 0 Å². The van der Waals surface area contributed by atoms with Crippen LogP contribution in [0, 0.1) is 0 Å². The largest absolute Gasteiger partial charge is 0.491 e. The number of aromatic nitrogens is 1. The summed E-state index contributed by atoms with van der Waals surface area (Å²) in [6.07, 6.45) is 1.74. The number of hydrogen-bond donors (Lipinski definition) is 1. The normalized spacial score (nSPS) is 11.6. The molecule has 0 radical (unpaired) electrons. The van der Waals surface area contributed by atoms with Gasteiger partial charge in [-0.05, 0) is 34.0 Å². The maximum atomic E-state index is 5.75. The number of hydrogen-bond acceptors (Lipinski definition) is 4. The first kappa shape index (κ1) is 12.8. The van der Waals surface area contributed by atoms with E-state index in [1.807, 2.05) is 19.2 Å². The zero-order chi connectivity index (χ0) is 12.2. The van der Waals surface area contributed by atoms with Gasteiger partial charge >= 0.3 is 0 Å². The summed E-state index contributed by atoms with van der Waals surface area (Å²) >= 11 is 0. The van der Waals surface area contributed by atoms with E-state index in [1.165, 1.54) is 0 Å². The highest BCUT2D eigenvalue weighted by Crippen LogP contribution is 2.17. The summed E-state index contributed by atoms with van der Waals surface area (Å²) in [4.78, 5) is 6.28. The zero-order valence-electron chi connectivity index (χ0n) is 10.7. The third kappa shape index (κ3) is 3.38. The second kappa shape index (κ2) is 5.16. The molecule has 1 aromatic rings. The van der Waals surface area contributed by atoms with Crippen molar-refractivity contribution in [3.05, 3.63) is 18.3 Å². The van der Waals surface area contributed by atoms with E-state index in [-0.39, 0.29) is 5.54 Å². The van der Waals surface area contributed by atoms with Gasteiger partial charge in [0.1, 0.15) is 18.2 Å². The topological polar surface area (TPSA) is 37.4 Å². The minimum atomic E-state index is 0.0169. The quantitative estimate of drug-likeness (QED) is 0.826. The van der Waals surface area contributed by atoms with Gasteiger partial charge < -0.3 is 15.0 Å². The molecule has 1 N–H and O–H groups in total. The van der Waals surface area contributed by atoms with Crippen molar-refractivity contribution in [2.75, 3.05) is 33.1 Å². The first-order valence-electron chi connectivity index (χ1n) is 5.40. The van der Waals surface area contributed by atoms with Gasteiger partial charge in [0, 0.05) is 24.8 Å². The number of likely N-dealkylation sites (N-methyl/N-ethyl adjacent to an activating group) is 1. The molecule has 4 nitrogen and oxygen atoms in total. The average Bonchev–Trinajstić information content (AvgIpc) is 2.26. The van der Waals surface area contributed by atoms with Crippen LogP contribution in [0.15, 0.2) is 18.3 Å². The van der Waals surface area contributed by atoms with Crippen LogP contribution in [0.3, 0.4) is 0 Å². The Morgan fingerprint density at radius 2 is 2.12 bits per heavy atom. The lowest BCUT2D eigenvalue weighted by atomic mass is 10.1. The van der Waals surface area contributed by atoms with Crippen molar-refractivity contribution in [1.29, 1.82) is 0 Å². The van der Waals surface area contributed by atoms with Crippen LogP contribution in [0.25, 0.3) is 0 Å². The van der Waals surface area contributed by atoms with E-state index in [0.717, 1.165) is 11.6 Å². The van der Waals surface area contributed by atoms with Crippen LogP contribution in [0.4, 0.5) is 5.82 Å². The Kier molecular flexibility index (Phi) is 4.12. The fraction of sp³-hybridized carbons (Fsp3) is 0.583. The lowest BCUT2D eigenvalue weighted by Crippen LogP contribution is -2.43. The molecule has 4 heteroatoms. The summed E-state index contributed by atoms with van der Waals surface area (Å²) < 4.78 is 5.75. The molecular formula is C12H21N3O. The van der Waals surface area contributed by atoms with Gasteiger partial charge in [0.25, 0.3) is 0 Å². The second-order valence-corrected chi connectivity index (χ2v) is 4.62. The lowest BCUT2D eigenvalue weighted by Gasteiger charge is -2.32. The Labute approximate surface area is 97.6 Å². The molecule has 0 bridgehead atoms. The van der Waals surface area contributed by atoms with E-state index in [0.29, 0.717) is 6.61 Å². The Bertz CT molecular complexity index is 337. The van der Waals surface area contributed by atoms with Gasteiger partial charge in [-0.3, -0.25) is 0 Å². The van der Waals surface area contributed by atoms with Gasteiger partial charge in [-0.2, -0.15) is 0 Å². The first-order chi connectivity index (χ1) is 7.45. The van der Waals surface area contributed by atoms with Crippen LogP contribution in [0.1, 0.15) is 13.8 Å². The van der Waals surface area contributed by atoms with Crippen LogP contribution < -0.4 is 10.1 Å². The highest BCUT2D eigenvalue weighted by Gasteiger charge is 2.21. The molecule has 0 aromatic carbocycles. The summed E-state index contributed by atoms with van der Waals surface area (Å²) in [6.45, 7) is 4.94. The first-order valence-corrected chi connectivity index (χ1v) is 5.40. The molecular weight excluding hydrogens is 202 g/mol. The fourth-order valence-corrected chi connectivity index (χ4v) is 1.03. The minimum absolute atomic E-state index is 0.0169. The Hall–Kier alpha value is -1.29. The number of anilines is 1. The third-order valence-electron chi connectivity index (χ3n) is 2.79. The summed E-state index contributed by atoms with van der Waals surface area (Å²) in [5.41, 5.74) is 0.0169. The molecule has 1 heterocycles. The molecule has 0 saturated heterocycles. The van der Waals surface area contributed by atoms with E-state index in [4.69, 9.17) is 4.74 Å². The molecule has 0 amide bonds. The highest BCUT2D eigenvalue weighted by molar-refractivity contribution is 5.39. The molecule has 0 aliphatic carbocycles. The molecule has 0 aliphatic heterocycles. The molecule has 0 saturated carbocycles. The van der Waals surface area contributed by atoms with E-state index in [9.17, 15) is 0 Å². The molecule has 1 aromatic heterocycles. The van der Waals surface area contributed by atoms with Crippen molar-refractivity contribution in [3.8, 4) is 5.75 Å². The van der Waals surface area contributed by atoms with Gasteiger partial charge in [-0.25, -0.2) is 4.98 Å². The minimum Gasteiger partial charge on any atom is -0.491 e. The van der Waals surface area contributed by atoms with Crippen LogP contribution in [0.5, 0.6) is 5.75 Å². The van der Waals surface area contributed by atoms with Crippen molar-refractivity contribution >= 4 is 5.82 Å². The van der Waals surface area contributed by atoms with E-state index < -0.39 is 0 Å². The number of nitrogens with one attached hydrogen (secondary N) is 1. The third-order valence-corrected chi connectivity index (χ3v) is 2.79. The number of nitrogens with zero attached hydrogens (tertiary/aromatic N) is 2. The van der Waals surface area contributed by atoms with Crippen molar-refractivity contribution < 1.29 is 4.74 Å². The Morgan fingerprint density at radius 1 is 1.44 bits per heavy atom. The molecule has 0 fully saturated rings. The van der Waals surface area contributed by atoms with E-state index in [1.54, 1.807) is 6.20 Å². The van der Waals surface area contributed by atoms with Crippen LogP contribution in [-0.4, -0.2) is 43.2 Å². The van der Waals surface area contributed by atoms with Crippen molar-refractivity contribution in [3.63, 3.8) is 0 Å². The van der Waals surface area contributed by atoms with Crippen LogP contribution in [0.2, 0.25) is 0 Å². The van der Waals surface area contributed by atoms with Crippen LogP contribution in [-0.2, 0) is 0 Å². The number of ether oxygens (including phenoxy) is 1.